The zero-order chi connectivity index (χ0) is 20.7. The van der Waals surface area contributed by atoms with Crippen molar-refractivity contribution in [2.75, 3.05) is 35.0 Å². The quantitative estimate of drug-likeness (QED) is 0.644. The van der Waals surface area contributed by atoms with Crippen LogP contribution in [0.15, 0.2) is 36.4 Å². The van der Waals surface area contributed by atoms with E-state index in [1.54, 1.807) is 18.2 Å². The Morgan fingerprint density at radius 1 is 0.964 bits per heavy atom. The zero-order valence-electron chi connectivity index (χ0n) is 16.2. The number of hydrogen-bond donors (Lipinski definition) is 0. The van der Waals surface area contributed by atoms with E-state index in [1.807, 2.05) is 0 Å². The fraction of sp³-hybridized carbons (Fsp3) is 0.300. The fourth-order valence-electron chi connectivity index (χ4n) is 2.47. The van der Waals surface area contributed by atoms with Gasteiger partial charge in [0, 0.05) is 31.3 Å². The molecule has 8 heteroatoms. The first kappa shape index (κ1) is 21.0. The second-order valence-electron chi connectivity index (χ2n) is 5.82. The third-order valence-corrected chi connectivity index (χ3v) is 4.04. The molecule has 0 aliphatic carbocycles. The predicted octanol–water partition coefficient (Wildman–Crippen LogP) is 2.67. The van der Waals surface area contributed by atoms with Gasteiger partial charge in [0.15, 0.2) is 18.1 Å². The molecular weight excluding hydrogens is 369 g/mol. The Bertz CT molecular complexity index is 855. The molecule has 0 saturated carbocycles. The van der Waals surface area contributed by atoms with Gasteiger partial charge in [-0.05, 0) is 6.07 Å². The lowest BCUT2D eigenvalue weighted by atomic mass is 10.1. The number of rotatable bonds is 8. The number of amides is 1. The van der Waals surface area contributed by atoms with Crippen molar-refractivity contribution in [1.29, 1.82) is 0 Å². The number of nitrogens with zero attached hydrogens (tertiary/aromatic N) is 1. The molecule has 1 amide bonds. The molecule has 2 aromatic rings. The SMILES string of the molecule is COc1cc(OC)c(C(=O)OCC(=O)N(C)Cc2ccccc2F)cc1OC. The van der Waals surface area contributed by atoms with Gasteiger partial charge < -0.3 is 23.8 Å². The summed E-state index contributed by atoms with van der Waals surface area (Å²) in [7, 11) is 5.78. The summed E-state index contributed by atoms with van der Waals surface area (Å²) in [6.45, 7) is -0.440. The summed E-state index contributed by atoms with van der Waals surface area (Å²) in [4.78, 5) is 25.9. The lowest BCUT2D eigenvalue weighted by molar-refractivity contribution is -0.133. The zero-order valence-corrected chi connectivity index (χ0v) is 16.2. The molecule has 0 aliphatic heterocycles. The number of halogens is 1. The van der Waals surface area contributed by atoms with E-state index < -0.39 is 24.3 Å². The highest BCUT2D eigenvalue weighted by Crippen LogP contribution is 2.34. The molecule has 2 aromatic carbocycles. The lowest BCUT2D eigenvalue weighted by Gasteiger charge is -2.18. The van der Waals surface area contributed by atoms with Crippen molar-refractivity contribution in [1.82, 2.24) is 4.90 Å². The smallest absolute Gasteiger partial charge is 0.342 e. The van der Waals surface area contributed by atoms with Gasteiger partial charge >= 0.3 is 5.97 Å². The minimum Gasteiger partial charge on any atom is -0.496 e. The fourth-order valence-corrected chi connectivity index (χ4v) is 2.47. The van der Waals surface area contributed by atoms with E-state index in [2.05, 4.69) is 0 Å². The van der Waals surface area contributed by atoms with E-state index in [1.165, 1.54) is 51.5 Å². The Morgan fingerprint density at radius 2 is 1.57 bits per heavy atom. The van der Waals surface area contributed by atoms with Crippen molar-refractivity contribution in [2.24, 2.45) is 0 Å². The molecule has 0 N–H and O–H groups in total. The molecule has 0 aromatic heterocycles. The highest BCUT2D eigenvalue weighted by atomic mass is 19.1. The van der Waals surface area contributed by atoms with E-state index in [-0.39, 0.29) is 17.9 Å². The maximum absolute atomic E-state index is 13.7. The lowest BCUT2D eigenvalue weighted by Crippen LogP contribution is -2.31. The number of carbonyl (C=O) groups excluding carboxylic acids is 2. The van der Waals surface area contributed by atoms with Crippen molar-refractivity contribution in [3.05, 3.63) is 53.3 Å². The van der Waals surface area contributed by atoms with Crippen LogP contribution in [-0.2, 0) is 16.1 Å². The number of methoxy groups -OCH3 is 3. The van der Waals surface area contributed by atoms with Crippen molar-refractivity contribution in [3.8, 4) is 17.2 Å². The van der Waals surface area contributed by atoms with Crippen molar-refractivity contribution in [2.45, 2.75) is 6.54 Å². The van der Waals surface area contributed by atoms with Gasteiger partial charge in [0.1, 0.15) is 17.1 Å². The number of hydrogen-bond acceptors (Lipinski definition) is 6. The van der Waals surface area contributed by atoms with Crippen LogP contribution in [0.4, 0.5) is 4.39 Å². The molecule has 0 unspecified atom stereocenters. The Kier molecular flexibility index (Phi) is 7.20. The molecule has 0 heterocycles. The van der Waals surface area contributed by atoms with Crippen LogP contribution in [0.1, 0.15) is 15.9 Å². The van der Waals surface area contributed by atoms with E-state index in [4.69, 9.17) is 18.9 Å². The molecule has 150 valence electrons. The molecule has 0 radical (unpaired) electrons. The molecule has 0 spiro atoms. The van der Waals surface area contributed by atoms with Crippen LogP contribution >= 0.6 is 0 Å². The standard InChI is InChI=1S/C20H22FNO6/c1-22(11-13-7-5-6-8-15(13)21)19(23)12-28-20(24)14-9-17(26-3)18(27-4)10-16(14)25-2/h5-10H,11-12H2,1-4H3. The highest BCUT2D eigenvalue weighted by molar-refractivity contribution is 5.95. The Morgan fingerprint density at radius 3 is 2.18 bits per heavy atom. The molecule has 0 bridgehead atoms. The topological polar surface area (TPSA) is 74.3 Å². The van der Waals surface area contributed by atoms with Crippen LogP contribution < -0.4 is 14.2 Å². The highest BCUT2D eigenvalue weighted by Gasteiger charge is 2.21. The van der Waals surface area contributed by atoms with Crippen molar-refractivity contribution >= 4 is 11.9 Å². The average Bonchev–Trinajstić information content (AvgIpc) is 2.72. The summed E-state index contributed by atoms with van der Waals surface area (Å²) < 4.78 is 34.3. The molecule has 0 saturated heterocycles. The second-order valence-corrected chi connectivity index (χ2v) is 5.82. The largest absolute Gasteiger partial charge is 0.496 e. The molecule has 0 aliphatic rings. The van der Waals surface area contributed by atoms with Gasteiger partial charge in [0.2, 0.25) is 0 Å². The number of esters is 1. The molecule has 7 nitrogen and oxygen atoms in total. The first-order valence-corrected chi connectivity index (χ1v) is 8.35. The number of ether oxygens (including phenoxy) is 4. The normalized spacial score (nSPS) is 10.2. The Balaban J connectivity index is 2.05. The molecular formula is C20H22FNO6. The first-order valence-electron chi connectivity index (χ1n) is 8.35. The third-order valence-electron chi connectivity index (χ3n) is 4.04. The summed E-state index contributed by atoms with van der Waals surface area (Å²) in [5, 5.41) is 0. The maximum atomic E-state index is 13.7. The summed E-state index contributed by atoms with van der Waals surface area (Å²) in [5.74, 6) is -0.722. The van der Waals surface area contributed by atoms with Crippen molar-refractivity contribution in [3.63, 3.8) is 0 Å². The van der Waals surface area contributed by atoms with Crippen LogP contribution in [0.2, 0.25) is 0 Å². The monoisotopic (exact) mass is 391 g/mol. The minimum absolute atomic E-state index is 0.0583. The third kappa shape index (κ3) is 4.91. The van der Waals surface area contributed by atoms with Gasteiger partial charge in [-0.1, -0.05) is 18.2 Å². The van der Waals surface area contributed by atoms with Crippen molar-refractivity contribution < 1.29 is 32.9 Å². The van der Waals surface area contributed by atoms with E-state index >= 15 is 0 Å². The van der Waals surface area contributed by atoms with E-state index in [0.717, 1.165) is 0 Å². The van der Waals surface area contributed by atoms with Gasteiger partial charge in [0.25, 0.3) is 5.91 Å². The average molecular weight is 391 g/mol. The number of likely N-dealkylation sites (N-methyl/N-ethyl adjacent to an activating group) is 1. The maximum Gasteiger partial charge on any atom is 0.342 e. The van der Waals surface area contributed by atoms with Gasteiger partial charge in [-0.2, -0.15) is 0 Å². The van der Waals surface area contributed by atoms with Gasteiger partial charge in [-0.3, -0.25) is 4.79 Å². The van der Waals surface area contributed by atoms with E-state index in [0.29, 0.717) is 17.1 Å². The molecule has 28 heavy (non-hydrogen) atoms. The minimum atomic E-state index is -0.759. The van der Waals surface area contributed by atoms with Crippen LogP contribution in [0.3, 0.4) is 0 Å². The predicted molar refractivity (Wildman–Crippen MR) is 99.3 cm³/mol. The summed E-state index contributed by atoms with van der Waals surface area (Å²) in [5.41, 5.74) is 0.455. The summed E-state index contributed by atoms with van der Waals surface area (Å²) >= 11 is 0. The summed E-state index contributed by atoms with van der Waals surface area (Å²) in [6.07, 6.45) is 0. The Hall–Kier alpha value is -3.29. The summed E-state index contributed by atoms with van der Waals surface area (Å²) in [6, 6.07) is 9.05. The second kappa shape index (κ2) is 9.59. The number of carbonyl (C=O) groups is 2. The number of benzene rings is 2. The van der Waals surface area contributed by atoms with Crippen LogP contribution in [0, 0.1) is 5.82 Å². The Labute approximate surface area is 162 Å². The molecule has 0 atom stereocenters. The van der Waals surface area contributed by atoms with Gasteiger partial charge in [-0.25, -0.2) is 9.18 Å². The molecule has 0 fully saturated rings. The van der Waals surface area contributed by atoms with Crippen LogP contribution in [-0.4, -0.2) is 51.8 Å². The van der Waals surface area contributed by atoms with E-state index in [9.17, 15) is 14.0 Å². The van der Waals surface area contributed by atoms with Gasteiger partial charge in [-0.15, -0.1) is 0 Å². The first-order chi connectivity index (χ1) is 13.4. The van der Waals surface area contributed by atoms with Crippen LogP contribution in [0.5, 0.6) is 17.2 Å². The van der Waals surface area contributed by atoms with Crippen LogP contribution in [0.25, 0.3) is 0 Å². The van der Waals surface area contributed by atoms with Gasteiger partial charge in [0.05, 0.1) is 21.3 Å². The molecule has 2 rings (SSSR count).